The van der Waals surface area contributed by atoms with E-state index >= 15 is 0 Å². The van der Waals surface area contributed by atoms with Crippen LogP contribution in [0.25, 0.3) is 0 Å². The van der Waals surface area contributed by atoms with E-state index in [0.717, 1.165) is 23.0 Å². The highest BCUT2D eigenvalue weighted by atomic mass is 32.2. The molecule has 3 nitrogen and oxygen atoms in total. The molecule has 1 aliphatic heterocycles. The molecule has 0 N–H and O–H groups in total. The Kier molecular flexibility index (Phi) is 3.76. The number of nitrogens with zero attached hydrogens (tertiary/aromatic N) is 3. The largest absolute Gasteiger partial charge is 0.258 e. The van der Waals surface area contributed by atoms with E-state index in [1.165, 1.54) is 12.8 Å². The SMILES string of the molecule is CN=S1(=Nc2cccc(C(C)(C)C)n2)CCCC1. The zero-order chi connectivity index (χ0) is 13.2. The minimum Gasteiger partial charge on any atom is -0.258 e. The fourth-order valence-corrected chi connectivity index (χ4v) is 4.77. The molecule has 0 bridgehead atoms. The van der Waals surface area contributed by atoms with Gasteiger partial charge in [-0.1, -0.05) is 36.5 Å². The van der Waals surface area contributed by atoms with Gasteiger partial charge in [-0.2, -0.15) is 4.36 Å². The van der Waals surface area contributed by atoms with Gasteiger partial charge in [0.05, 0.1) is 0 Å². The first kappa shape index (κ1) is 13.5. The van der Waals surface area contributed by atoms with Gasteiger partial charge in [-0.05, 0) is 25.0 Å². The van der Waals surface area contributed by atoms with Gasteiger partial charge in [0.2, 0.25) is 0 Å². The van der Waals surface area contributed by atoms with Crippen LogP contribution in [-0.4, -0.2) is 23.5 Å². The van der Waals surface area contributed by atoms with Crippen LogP contribution in [0, 0.1) is 0 Å². The van der Waals surface area contributed by atoms with Crippen molar-refractivity contribution in [1.82, 2.24) is 4.98 Å². The highest BCUT2D eigenvalue weighted by Crippen LogP contribution is 2.25. The molecular formula is C14H23N3S. The van der Waals surface area contributed by atoms with E-state index in [1.807, 2.05) is 13.1 Å². The Hall–Kier alpha value is -0.900. The van der Waals surface area contributed by atoms with Gasteiger partial charge in [-0.3, -0.25) is 4.36 Å². The van der Waals surface area contributed by atoms with E-state index in [0.29, 0.717) is 0 Å². The summed E-state index contributed by atoms with van der Waals surface area (Å²) in [7, 11) is 0.788. The Balaban J connectivity index is 2.44. The number of aromatic nitrogens is 1. The molecule has 0 atom stereocenters. The normalized spacial score (nSPS) is 18.7. The summed E-state index contributed by atoms with van der Waals surface area (Å²) in [5.41, 5.74) is 1.18. The fraction of sp³-hybridized carbons (Fsp3) is 0.643. The second-order valence-corrected chi connectivity index (χ2v) is 8.79. The van der Waals surface area contributed by atoms with Crippen LogP contribution < -0.4 is 0 Å². The highest BCUT2D eigenvalue weighted by Gasteiger charge is 2.17. The number of hydrogen-bond acceptors (Lipinski definition) is 3. The van der Waals surface area contributed by atoms with Crippen LogP contribution in [0.2, 0.25) is 0 Å². The van der Waals surface area contributed by atoms with Crippen LogP contribution >= 0.6 is 0 Å². The molecule has 0 saturated carbocycles. The molecule has 2 rings (SSSR count). The standard InChI is InChI=1S/C14H23N3S/c1-14(2,3)12-8-7-9-13(16-12)17-18(15-4)10-5-6-11-18/h7-9H,5-6,10-11H2,1-4H3. The van der Waals surface area contributed by atoms with Crippen LogP contribution in [0.15, 0.2) is 26.9 Å². The zero-order valence-corrected chi connectivity index (χ0v) is 12.6. The van der Waals surface area contributed by atoms with E-state index in [9.17, 15) is 0 Å². The lowest BCUT2D eigenvalue weighted by atomic mass is 9.92. The third kappa shape index (κ3) is 2.91. The summed E-state index contributed by atoms with van der Waals surface area (Å²) >= 11 is 0. The Morgan fingerprint density at radius 2 is 1.83 bits per heavy atom. The molecule has 0 spiro atoms. The van der Waals surface area contributed by atoms with Crippen LogP contribution in [0.4, 0.5) is 5.82 Å². The Morgan fingerprint density at radius 1 is 1.17 bits per heavy atom. The van der Waals surface area contributed by atoms with E-state index in [4.69, 9.17) is 9.35 Å². The molecule has 0 aromatic carbocycles. The zero-order valence-electron chi connectivity index (χ0n) is 11.8. The van der Waals surface area contributed by atoms with Gasteiger partial charge in [0.15, 0.2) is 5.82 Å². The quantitative estimate of drug-likeness (QED) is 0.757. The summed E-state index contributed by atoms with van der Waals surface area (Å²) in [5.74, 6) is 3.15. The maximum Gasteiger partial charge on any atom is 0.160 e. The van der Waals surface area contributed by atoms with Gasteiger partial charge in [0.1, 0.15) is 0 Å². The van der Waals surface area contributed by atoms with E-state index in [-0.39, 0.29) is 5.41 Å². The molecule has 2 heterocycles. The monoisotopic (exact) mass is 265 g/mol. The Bertz CT molecular complexity index is 534. The second-order valence-electron chi connectivity index (χ2n) is 5.82. The van der Waals surface area contributed by atoms with E-state index in [1.54, 1.807) is 0 Å². The molecule has 1 saturated heterocycles. The van der Waals surface area contributed by atoms with Gasteiger partial charge in [-0.15, -0.1) is 0 Å². The summed E-state index contributed by atoms with van der Waals surface area (Å²) in [6, 6.07) is 6.15. The molecule has 0 radical (unpaired) electrons. The first-order valence-corrected chi connectivity index (χ1v) is 8.44. The molecule has 1 aromatic heterocycles. The number of rotatable bonds is 1. The molecule has 0 aliphatic carbocycles. The predicted octanol–water partition coefficient (Wildman–Crippen LogP) is 3.96. The average Bonchev–Trinajstić information content (AvgIpc) is 2.77. The van der Waals surface area contributed by atoms with Crippen LogP contribution in [-0.2, 0) is 15.0 Å². The van der Waals surface area contributed by atoms with Crippen LogP contribution in [0.1, 0.15) is 39.3 Å². The van der Waals surface area contributed by atoms with E-state index in [2.05, 4.69) is 37.3 Å². The van der Waals surface area contributed by atoms with Crippen molar-refractivity contribution in [3.8, 4) is 0 Å². The smallest absolute Gasteiger partial charge is 0.160 e. The van der Waals surface area contributed by atoms with Gasteiger partial charge in [0.25, 0.3) is 0 Å². The molecular weight excluding hydrogens is 242 g/mol. The first-order valence-electron chi connectivity index (χ1n) is 6.55. The highest BCUT2D eigenvalue weighted by molar-refractivity contribution is 7.96. The minimum absolute atomic E-state index is 0.0764. The lowest BCUT2D eigenvalue weighted by Crippen LogP contribution is -2.13. The summed E-state index contributed by atoms with van der Waals surface area (Å²) in [6.45, 7) is 6.55. The molecule has 1 aromatic rings. The summed E-state index contributed by atoms with van der Waals surface area (Å²) in [6.07, 6.45) is 2.52. The predicted molar refractivity (Wildman–Crippen MR) is 79.7 cm³/mol. The lowest BCUT2D eigenvalue weighted by Gasteiger charge is -2.17. The molecule has 18 heavy (non-hydrogen) atoms. The molecule has 1 fully saturated rings. The van der Waals surface area contributed by atoms with Crippen molar-refractivity contribution in [2.75, 3.05) is 18.6 Å². The van der Waals surface area contributed by atoms with Crippen molar-refractivity contribution in [2.45, 2.75) is 39.0 Å². The minimum atomic E-state index is -1.13. The average molecular weight is 265 g/mol. The molecule has 4 heteroatoms. The molecule has 100 valence electrons. The first-order chi connectivity index (χ1) is 8.45. The third-order valence-corrected chi connectivity index (χ3v) is 6.39. The van der Waals surface area contributed by atoms with Crippen molar-refractivity contribution in [2.24, 2.45) is 8.73 Å². The van der Waals surface area contributed by atoms with Gasteiger partial charge in [-0.25, -0.2) is 4.98 Å². The van der Waals surface area contributed by atoms with Crippen LogP contribution in [0.3, 0.4) is 0 Å². The van der Waals surface area contributed by atoms with Gasteiger partial charge in [0, 0.05) is 29.7 Å². The molecule has 1 aliphatic rings. The van der Waals surface area contributed by atoms with Crippen molar-refractivity contribution < 1.29 is 0 Å². The summed E-state index contributed by atoms with van der Waals surface area (Å²) < 4.78 is 9.47. The van der Waals surface area contributed by atoms with Crippen molar-refractivity contribution in [1.29, 1.82) is 0 Å². The second kappa shape index (κ2) is 5.00. The van der Waals surface area contributed by atoms with Gasteiger partial charge < -0.3 is 0 Å². The Labute approximate surface area is 111 Å². The molecule has 0 unspecified atom stereocenters. The number of pyridine rings is 1. The fourth-order valence-electron chi connectivity index (χ4n) is 2.15. The summed E-state index contributed by atoms with van der Waals surface area (Å²) in [5, 5.41) is 0. The van der Waals surface area contributed by atoms with Crippen LogP contribution in [0.5, 0.6) is 0 Å². The van der Waals surface area contributed by atoms with E-state index < -0.39 is 9.62 Å². The van der Waals surface area contributed by atoms with Crippen molar-refractivity contribution in [3.05, 3.63) is 23.9 Å². The molecule has 0 amide bonds. The topological polar surface area (TPSA) is 37.6 Å². The third-order valence-electron chi connectivity index (χ3n) is 3.30. The number of hydrogen-bond donors (Lipinski definition) is 0. The van der Waals surface area contributed by atoms with Crippen molar-refractivity contribution in [3.63, 3.8) is 0 Å². The maximum absolute atomic E-state index is 4.89. The van der Waals surface area contributed by atoms with Gasteiger partial charge >= 0.3 is 0 Å². The van der Waals surface area contributed by atoms with Crippen molar-refractivity contribution >= 4 is 15.4 Å². The Morgan fingerprint density at radius 3 is 2.39 bits per heavy atom. The lowest BCUT2D eigenvalue weighted by molar-refractivity contribution is 0.569. The summed E-state index contributed by atoms with van der Waals surface area (Å²) in [4.78, 5) is 4.69. The maximum atomic E-state index is 4.89.